The zero-order valence-corrected chi connectivity index (χ0v) is 12.7. The van der Waals surface area contributed by atoms with Crippen LogP contribution in [0, 0.1) is 0 Å². The molecule has 0 aromatic heterocycles. The van der Waals surface area contributed by atoms with Crippen LogP contribution in [0.25, 0.3) is 0 Å². The van der Waals surface area contributed by atoms with Gasteiger partial charge in [0.05, 0.1) is 20.6 Å². The van der Waals surface area contributed by atoms with E-state index >= 15 is 0 Å². The second-order valence-electron chi connectivity index (χ2n) is 5.22. The van der Waals surface area contributed by atoms with Crippen molar-refractivity contribution in [1.82, 2.24) is 0 Å². The summed E-state index contributed by atoms with van der Waals surface area (Å²) in [6.07, 6.45) is 0.0841. The zero-order valence-electron chi connectivity index (χ0n) is 12.7. The SMILES string of the molecule is COc1ccc([C@@H]2CC(=O)Oc3cc(O)cc(O)c32)cc1OC. The third-order valence-electron chi connectivity index (χ3n) is 3.86. The number of hydrogen-bond donors (Lipinski definition) is 2. The first kappa shape index (κ1) is 15.0. The minimum atomic E-state index is -0.428. The molecule has 2 aromatic carbocycles. The van der Waals surface area contributed by atoms with Gasteiger partial charge in [-0.25, -0.2) is 0 Å². The predicted octanol–water partition coefficient (Wildman–Crippen LogP) is 2.56. The topological polar surface area (TPSA) is 85.2 Å². The van der Waals surface area contributed by atoms with Crippen molar-refractivity contribution in [1.29, 1.82) is 0 Å². The predicted molar refractivity (Wildman–Crippen MR) is 81.4 cm³/mol. The standard InChI is InChI=1S/C17H16O6/c1-21-13-4-3-9(5-14(13)22-2)11-8-16(20)23-15-7-10(18)6-12(19)17(11)15/h3-7,11,18-19H,8H2,1-2H3/t11-/m0/s1. The molecule has 0 bridgehead atoms. The largest absolute Gasteiger partial charge is 0.508 e. The maximum absolute atomic E-state index is 11.9. The van der Waals surface area contributed by atoms with Crippen molar-refractivity contribution >= 4 is 5.97 Å². The molecule has 6 heteroatoms. The molecular formula is C17H16O6. The summed E-state index contributed by atoms with van der Waals surface area (Å²) in [5.41, 5.74) is 1.25. The Bertz CT molecular complexity index is 768. The van der Waals surface area contributed by atoms with Gasteiger partial charge in [0.2, 0.25) is 0 Å². The molecule has 120 valence electrons. The number of esters is 1. The van der Waals surface area contributed by atoms with Crippen LogP contribution in [0.1, 0.15) is 23.5 Å². The fourth-order valence-corrected chi connectivity index (χ4v) is 2.82. The molecule has 0 aliphatic carbocycles. The highest BCUT2D eigenvalue weighted by molar-refractivity contribution is 5.79. The molecule has 0 saturated carbocycles. The van der Waals surface area contributed by atoms with Gasteiger partial charge >= 0.3 is 5.97 Å². The summed E-state index contributed by atoms with van der Waals surface area (Å²) in [6.45, 7) is 0. The summed E-state index contributed by atoms with van der Waals surface area (Å²) >= 11 is 0. The third kappa shape index (κ3) is 2.63. The molecule has 0 unspecified atom stereocenters. The minimum Gasteiger partial charge on any atom is -0.508 e. The van der Waals surface area contributed by atoms with Crippen LogP contribution in [0.5, 0.6) is 28.7 Å². The van der Waals surface area contributed by atoms with E-state index in [2.05, 4.69) is 0 Å². The fraction of sp³-hybridized carbons (Fsp3) is 0.235. The maximum atomic E-state index is 11.9. The number of ether oxygens (including phenoxy) is 3. The average Bonchev–Trinajstić information content (AvgIpc) is 2.52. The molecule has 3 rings (SSSR count). The number of aromatic hydroxyl groups is 2. The normalized spacial score (nSPS) is 16.4. The molecule has 0 amide bonds. The van der Waals surface area contributed by atoms with Gasteiger partial charge in [0.15, 0.2) is 11.5 Å². The number of methoxy groups -OCH3 is 2. The Labute approximate surface area is 132 Å². The molecular weight excluding hydrogens is 300 g/mol. The molecule has 1 heterocycles. The van der Waals surface area contributed by atoms with Gasteiger partial charge in [-0.05, 0) is 17.7 Å². The lowest BCUT2D eigenvalue weighted by Gasteiger charge is -2.26. The lowest BCUT2D eigenvalue weighted by atomic mass is 9.85. The number of fused-ring (bicyclic) bond motifs is 1. The van der Waals surface area contributed by atoms with Crippen LogP contribution in [0.15, 0.2) is 30.3 Å². The average molecular weight is 316 g/mol. The van der Waals surface area contributed by atoms with Gasteiger partial charge in [0.25, 0.3) is 0 Å². The molecule has 2 aromatic rings. The van der Waals surface area contributed by atoms with Gasteiger partial charge in [0.1, 0.15) is 17.2 Å². The van der Waals surface area contributed by atoms with Crippen molar-refractivity contribution in [3.05, 3.63) is 41.5 Å². The van der Waals surface area contributed by atoms with Gasteiger partial charge in [-0.1, -0.05) is 6.07 Å². The highest BCUT2D eigenvalue weighted by Gasteiger charge is 2.32. The Morgan fingerprint density at radius 1 is 1.09 bits per heavy atom. The van der Waals surface area contributed by atoms with Crippen molar-refractivity contribution in [3.8, 4) is 28.7 Å². The Hall–Kier alpha value is -2.89. The Morgan fingerprint density at radius 2 is 1.83 bits per heavy atom. The van der Waals surface area contributed by atoms with Crippen LogP contribution >= 0.6 is 0 Å². The van der Waals surface area contributed by atoms with Crippen LogP contribution in [-0.4, -0.2) is 30.4 Å². The molecule has 6 nitrogen and oxygen atoms in total. The first-order valence-electron chi connectivity index (χ1n) is 7.02. The molecule has 0 spiro atoms. The number of phenolic OH excluding ortho intramolecular Hbond substituents is 2. The number of hydrogen-bond acceptors (Lipinski definition) is 6. The molecule has 2 N–H and O–H groups in total. The quantitative estimate of drug-likeness (QED) is 0.668. The van der Waals surface area contributed by atoms with Gasteiger partial charge < -0.3 is 24.4 Å². The van der Waals surface area contributed by atoms with E-state index in [0.717, 1.165) is 5.56 Å². The first-order chi connectivity index (χ1) is 11.0. The minimum absolute atomic E-state index is 0.0841. The van der Waals surface area contributed by atoms with Crippen LogP contribution in [0.2, 0.25) is 0 Å². The van der Waals surface area contributed by atoms with E-state index < -0.39 is 11.9 Å². The van der Waals surface area contributed by atoms with Gasteiger partial charge in [-0.3, -0.25) is 4.79 Å². The molecule has 1 atom stereocenters. The zero-order chi connectivity index (χ0) is 16.6. The Kier molecular flexibility index (Phi) is 3.73. The monoisotopic (exact) mass is 316 g/mol. The molecule has 23 heavy (non-hydrogen) atoms. The summed E-state index contributed by atoms with van der Waals surface area (Å²) in [5.74, 6) is 0.162. The summed E-state index contributed by atoms with van der Waals surface area (Å²) in [4.78, 5) is 11.9. The lowest BCUT2D eigenvalue weighted by Crippen LogP contribution is -2.21. The molecule has 0 fully saturated rings. The van der Waals surface area contributed by atoms with E-state index in [0.29, 0.717) is 17.1 Å². The summed E-state index contributed by atoms with van der Waals surface area (Å²) in [6, 6.07) is 7.86. The van der Waals surface area contributed by atoms with E-state index in [1.165, 1.54) is 19.2 Å². The van der Waals surface area contributed by atoms with Gasteiger partial charge in [-0.15, -0.1) is 0 Å². The third-order valence-corrected chi connectivity index (χ3v) is 3.86. The second-order valence-corrected chi connectivity index (χ2v) is 5.22. The van der Waals surface area contributed by atoms with Gasteiger partial charge in [-0.2, -0.15) is 0 Å². The summed E-state index contributed by atoms with van der Waals surface area (Å²) in [5, 5.41) is 19.7. The second kappa shape index (κ2) is 5.72. The van der Waals surface area contributed by atoms with E-state index in [4.69, 9.17) is 14.2 Å². The van der Waals surface area contributed by atoms with Crippen molar-refractivity contribution < 1.29 is 29.2 Å². The Morgan fingerprint density at radius 3 is 2.52 bits per heavy atom. The first-order valence-corrected chi connectivity index (χ1v) is 7.02. The molecule has 1 aliphatic heterocycles. The highest BCUT2D eigenvalue weighted by Crippen LogP contribution is 2.46. The smallest absolute Gasteiger partial charge is 0.312 e. The molecule has 0 radical (unpaired) electrons. The van der Waals surface area contributed by atoms with Crippen molar-refractivity contribution in [2.24, 2.45) is 0 Å². The lowest BCUT2D eigenvalue weighted by molar-refractivity contribution is -0.135. The van der Waals surface area contributed by atoms with Crippen LogP contribution < -0.4 is 14.2 Å². The fourth-order valence-electron chi connectivity index (χ4n) is 2.82. The summed E-state index contributed by atoms with van der Waals surface area (Å²) in [7, 11) is 3.07. The molecule has 1 aliphatic rings. The number of phenols is 2. The van der Waals surface area contributed by atoms with Crippen LogP contribution in [0.4, 0.5) is 0 Å². The Balaban J connectivity index is 2.13. The van der Waals surface area contributed by atoms with Crippen molar-refractivity contribution in [3.63, 3.8) is 0 Å². The number of carbonyl (C=O) groups is 1. The number of carbonyl (C=O) groups excluding carboxylic acids is 1. The van der Waals surface area contributed by atoms with Crippen LogP contribution in [0.3, 0.4) is 0 Å². The van der Waals surface area contributed by atoms with Crippen molar-refractivity contribution in [2.45, 2.75) is 12.3 Å². The van der Waals surface area contributed by atoms with Crippen LogP contribution in [-0.2, 0) is 4.79 Å². The van der Waals surface area contributed by atoms with E-state index in [-0.39, 0.29) is 23.7 Å². The van der Waals surface area contributed by atoms with Gasteiger partial charge in [0, 0.05) is 23.6 Å². The van der Waals surface area contributed by atoms with Crippen molar-refractivity contribution in [2.75, 3.05) is 14.2 Å². The van der Waals surface area contributed by atoms with E-state index in [9.17, 15) is 15.0 Å². The maximum Gasteiger partial charge on any atom is 0.312 e. The van der Waals surface area contributed by atoms with E-state index in [1.807, 2.05) is 0 Å². The summed E-state index contributed by atoms with van der Waals surface area (Å²) < 4.78 is 15.6. The molecule has 0 saturated heterocycles. The number of benzene rings is 2. The number of rotatable bonds is 3. The van der Waals surface area contributed by atoms with E-state index in [1.54, 1.807) is 25.3 Å². The highest BCUT2D eigenvalue weighted by atomic mass is 16.5.